The first-order valence-electron chi connectivity index (χ1n) is 19.2. The van der Waals surface area contributed by atoms with E-state index < -0.39 is 0 Å². The van der Waals surface area contributed by atoms with Crippen molar-refractivity contribution in [1.82, 2.24) is 0 Å². The molecule has 2 heteroatoms. The minimum atomic E-state index is 0.891. The van der Waals surface area contributed by atoms with Gasteiger partial charge in [0.2, 0.25) is 0 Å². The van der Waals surface area contributed by atoms with E-state index in [1.54, 1.807) is 0 Å². The van der Waals surface area contributed by atoms with E-state index in [4.69, 9.17) is 4.42 Å². The molecule has 0 fully saturated rings. The molecule has 11 aromatic rings. The standard InChI is InChI=1S/C54H35NO/c1-3-13-37(14-4-1)51-35-52-48-32-27-39(34-53(48)56-54(52)49-22-12-11-21-47(49)51)36-23-28-42(29-24-36)55(41-16-5-2-6-17-41)43-30-25-38(26-31-43)50-33-40-15-7-8-18-44(40)45-19-9-10-20-46(45)50/h1-35H. The topological polar surface area (TPSA) is 16.4 Å². The Labute approximate surface area is 325 Å². The van der Waals surface area contributed by atoms with Crippen molar-refractivity contribution in [1.29, 1.82) is 0 Å². The molecule has 11 rings (SSSR count). The number of furan rings is 1. The zero-order chi connectivity index (χ0) is 37.0. The zero-order valence-corrected chi connectivity index (χ0v) is 30.6. The van der Waals surface area contributed by atoms with Gasteiger partial charge < -0.3 is 9.32 Å². The number of nitrogens with zero attached hydrogens (tertiary/aromatic N) is 1. The second-order valence-electron chi connectivity index (χ2n) is 14.5. The van der Waals surface area contributed by atoms with Gasteiger partial charge in [-0.15, -0.1) is 0 Å². The first-order valence-corrected chi connectivity index (χ1v) is 19.2. The molecule has 2 nitrogen and oxygen atoms in total. The Kier molecular flexibility index (Phi) is 7.53. The Balaban J connectivity index is 0.961. The summed E-state index contributed by atoms with van der Waals surface area (Å²) in [7, 11) is 0. The number of hydrogen-bond acceptors (Lipinski definition) is 2. The molecule has 1 heterocycles. The maximum Gasteiger partial charge on any atom is 0.143 e. The fourth-order valence-corrected chi connectivity index (χ4v) is 8.54. The minimum Gasteiger partial charge on any atom is -0.455 e. The number of rotatable bonds is 6. The fourth-order valence-electron chi connectivity index (χ4n) is 8.54. The summed E-state index contributed by atoms with van der Waals surface area (Å²) in [5.41, 5.74) is 12.2. The minimum absolute atomic E-state index is 0.891. The third-order valence-electron chi connectivity index (χ3n) is 11.2. The van der Waals surface area contributed by atoms with Gasteiger partial charge in [0.1, 0.15) is 11.2 Å². The lowest BCUT2D eigenvalue weighted by Gasteiger charge is -2.26. The van der Waals surface area contributed by atoms with Crippen molar-refractivity contribution < 1.29 is 4.42 Å². The monoisotopic (exact) mass is 713 g/mol. The molecule has 0 aliphatic carbocycles. The van der Waals surface area contributed by atoms with Crippen LogP contribution >= 0.6 is 0 Å². The maximum atomic E-state index is 6.67. The molecule has 0 bridgehead atoms. The van der Waals surface area contributed by atoms with Crippen LogP contribution in [-0.2, 0) is 0 Å². The fraction of sp³-hybridized carbons (Fsp3) is 0. The molecule has 10 aromatic carbocycles. The Hall–Kier alpha value is -7.42. The van der Waals surface area contributed by atoms with Crippen LogP contribution in [0.3, 0.4) is 0 Å². The molecule has 0 N–H and O–H groups in total. The molecular formula is C54H35NO. The average Bonchev–Trinajstić information content (AvgIpc) is 3.65. The highest BCUT2D eigenvalue weighted by Crippen LogP contribution is 2.42. The van der Waals surface area contributed by atoms with Crippen molar-refractivity contribution in [3.63, 3.8) is 0 Å². The van der Waals surface area contributed by atoms with Gasteiger partial charge in [0, 0.05) is 33.2 Å². The normalized spacial score (nSPS) is 11.6. The Morgan fingerprint density at radius 1 is 0.286 bits per heavy atom. The predicted molar refractivity (Wildman–Crippen MR) is 237 cm³/mol. The third kappa shape index (κ3) is 5.34. The van der Waals surface area contributed by atoms with E-state index in [0.29, 0.717) is 0 Å². The van der Waals surface area contributed by atoms with Crippen LogP contribution in [-0.4, -0.2) is 0 Å². The predicted octanol–water partition coefficient (Wildman–Crippen LogP) is 15.5. The van der Waals surface area contributed by atoms with Crippen LogP contribution in [0.5, 0.6) is 0 Å². The van der Waals surface area contributed by atoms with Gasteiger partial charge in [-0.05, 0) is 121 Å². The average molecular weight is 714 g/mol. The molecule has 0 unspecified atom stereocenters. The number of benzene rings is 10. The SMILES string of the molecule is c1ccc(-c2cc3c4ccc(-c5ccc(N(c6ccccc6)c6ccc(-c7cc8ccccc8c8ccccc78)cc6)cc5)cc4oc3c3ccccc23)cc1. The highest BCUT2D eigenvalue weighted by molar-refractivity contribution is 6.19. The quantitative estimate of drug-likeness (QED) is 0.160. The van der Waals surface area contributed by atoms with E-state index in [2.05, 4.69) is 217 Å². The van der Waals surface area contributed by atoms with Crippen molar-refractivity contribution >= 4 is 71.3 Å². The van der Waals surface area contributed by atoms with E-state index in [9.17, 15) is 0 Å². The summed E-state index contributed by atoms with van der Waals surface area (Å²) < 4.78 is 6.67. The van der Waals surface area contributed by atoms with Crippen LogP contribution in [0.15, 0.2) is 217 Å². The smallest absolute Gasteiger partial charge is 0.143 e. The van der Waals surface area contributed by atoms with Gasteiger partial charge in [0.15, 0.2) is 0 Å². The summed E-state index contributed by atoms with van der Waals surface area (Å²) >= 11 is 0. The maximum absolute atomic E-state index is 6.67. The number of fused-ring (bicyclic) bond motifs is 8. The summed E-state index contributed by atoms with van der Waals surface area (Å²) in [6, 6.07) is 76.3. The van der Waals surface area contributed by atoms with E-state index in [0.717, 1.165) is 55.5 Å². The van der Waals surface area contributed by atoms with E-state index in [1.807, 2.05) is 0 Å². The van der Waals surface area contributed by atoms with Gasteiger partial charge >= 0.3 is 0 Å². The van der Waals surface area contributed by atoms with Crippen LogP contribution in [0.25, 0.3) is 87.6 Å². The van der Waals surface area contributed by atoms with Gasteiger partial charge in [-0.1, -0.05) is 152 Å². The molecule has 56 heavy (non-hydrogen) atoms. The molecular weight excluding hydrogens is 679 g/mol. The molecule has 0 amide bonds. The molecule has 0 saturated heterocycles. The third-order valence-corrected chi connectivity index (χ3v) is 11.2. The van der Waals surface area contributed by atoms with Crippen molar-refractivity contribution in [3.8, 4) is 33.4 Å². The van der Waals surface area contributed by atoms with Crippen LogP contribution in [0.4, 0.5) is 17.1 Å². The molecule has 0 aliphatic heterocycles. The molecule has 0 radical (unpaired) electrons. The lowest BCUT2D eigenvalue weighted by molar-refractivity contribution is 0.673. The first-order chi connectivity index (χ1) is 27.8. The zero-order valence-electron chi connectivity index (χ0n) is 30.6. The largest absolute Gasteiger partial charge is 0.455 e. The number of para-hydroxylation sites is 1. The molecule has 0 saturated carbocycles. The second kappa shape index (κ2) is 13.2. The van der Waals surface area contributed by atoms with Crippen LogP contribution in [0.1, 0.15) is 0 Å². The molecule has 0 atom stereocenters. The van der Waals surface area contributed by atoms with Crippen molar-refractivity contribution in [2.24, 2.45) is 0 Å². The van der Waals surface area contributed by atoms with Crippen molar-refractivity contribution in [2.45, 2.75) is 0 Å². The highest BCUT2D eigenvalue weighted by Gasteiger charge is 2.17. The van der Waals surface area contributed by atoms with Crippen molar-refractivity contribution in [2.75, 3.05) is 4.90 Å². The highest BCUT2D eigenvalue weighted by atomic mass is 16.3. The van der Waals surface area contributed by atoms with Gasteiger partial charge in [-0.25, -0.2) is 0 Å². The Morgan fingerprint density at radius 3 is 1.50 bits per heavy atom. The Bertz CT molecular complexity index is 3220. The van der Waals surface area contributed by atoms with Crippen LogP contribution in [0.2, 0.25) is 0 Å². The van der Waals surface area contributed by atoms with Gasteiger partial charge in [0.05, 0.1) is 0 Å². The second-order valence-corrected chi connectivity index (χ2v) is 14.5. The van der Waals surface area contributed by atoms with E-state index in [-0.39, 0.29) is 0 Å². The van der Waals surface area contributed by atoms with Crippen LogP contribution < -0.4 is 4.90 Å². The number of anilines is 3. The molecule has 0 spiro atoms. The van der Waals surface area contributed by atoms with E-state index >= 15 is 0 Å². The molecule has 262 valence electrons. The summed E-state index contributed by atoms with van der Waals surface area (Å²) in [5, 5.41) is 9.66. The summed E-state index contributed by atoms with van der Waals surface area (Å²) in [6.45, 7) is 0. The summed E-state index contributed by atoms with van der Waals surface area (Å²) in [4.78, 5) is 2.32. The van der Waals surface area contributed by atoms with Gasteiger partial charge in [-0.2, -0.15) is 0 Å². The molecule has 1 aromatic heterocycles. The van der Waals surface area contributed by atoms with Gasteiger partial charge in [0.25, 0.3) is 0 Å². The lowest BCUT2D eigenvalue weighted by Crippen LogP contribution is -2.09. The van der Waals surface area contributed by atoms with Crippen LogP contribution in [0, 0.1) is 0 Å². The summed E-state index contributed by atoms with van der Waals surface area (Å²) in [5.74, 6) is 0. The molecule has 0 aliphatic rings. The van der Waals surface area contributed by atoms with Gasteiger partial charge in [-0.3, -0.25) is 0 Å². The number of hydrogen-bond donors (Lipinski definition) is 0. The lowest BCUT2D eigenvalue weighted by atomic mass is 9.93. The van der Waals surface area contributed by atoms with Crippen molar-refractivity contribution in [3.05, 3.63) is 212 Å². The van der Waals surface area contributed by atoms with E-state index in [1.165, 1.54) is 49.2 Å². The summed E-state index contributed by atoms with van der Waals surface area (Å²) in [6.07, 6.45) is 0. The Morgan fingerprint density at radius 2 is 0.786 bits per heavy atom. The first kappa shape index (κ1) is 32.0.